The van der Waals surface area contributed by atoms with Gasteiger partial charge in [0.1, 0.15) is 18.2 Å². The molecule has 1 aliphatic rings. The van der Waals surface area contributed by atoms with Gasteiger partial charge >= 0.3 is 0 Å². The predicted molar refractivity (Wildman–Crippen MR) is 97.6 cm³/mol. The van der Waals surface area contributed by atoms with E-state index in [-0.39, 0.29) is 11.3 Å². The van der Waals surface area contributed by atoms with Crippen molar-refractivity contribution in [1.29, 1.82) is 0 Å². The van der Waals surface area contributed by atoms with Crippen LogP contribution in [0.1, 0.15) is 44.2 Å². The third-order valence-corrected chi connectivity index (χ3v) is 5.05. The molecule has 0 radical (unpaired) electrons. The van der Waals surface area contributed by atoms with Crippen molar-refractivity contribution in [2.24, 2.45) is 0 Å². The maximum Gasteiger partial charge on any atom is 0.226 e. The quantitative estimate of drug-likeness (QED) is 0.881. The van der Waals surface area contributed by atoms with Gasteiger partial charge in [-0.2, -0.15) is 0 Å². The predicted octanol–water partition coefficient (Wildman–Crippen LogP) is 3.57. The molecule has 1 aromatic carbocycles. The molecule has 3 rings (SSSR count). The van der Waals surface area contributed by atoms with Crippen molar-refractivity contribution < 1.29 is 14.3 Å². The van der Waals surface area contributed by atoms with Crippen LogP contribution >= 0.6 is 11.3 Å². The molecule has 1 aromatic heterocycles. The minimum Gasteiger partial charge on any atom is -0.486 e. The van der Waals surface area contributed by atoms with E-state index in [1.807, 2.05) is 18.2 Å². The van der Waals surface area contributed by atoms with Gasteiger partial charge < -0.3 is 14.8 Å². The Morgan fingerprint density at radius 3 is 2.68 bits per heavy atom. The number of carbonyl (C=O) groups excluding carboxylic acids is 1. The molecule has 0 aliphatic carbocycles. The molecule has 1 amide bonds. The van der Waals surface area contributed by atoms with Gasteiger partial charge in [0.2, 0.25) is 11.0 Å². The normalized spacial score (nSPS) is 13.6. The van der Waals surface area contributed by atoms with E-state index < -0.39 is 0 Å². The van der Waals surface area contributed by atoms with Crippen LogP contribution < -0.4 is 14.8 Å². The van der Waals surface area contributed by atoms with E-state index in [9.17, 15) is 4.79 Å². The first-order chi connectivity index (χ1) is 11.9. The lowest BCUT2D eigenvalue weighted by Crippen LogP contribution is -2.15. The van der Waals surface area contributed by atoms with E-state index in [1.54, 1.807) is 0 Å². The molecule has 2 heterocycles. The summed E-state index contributed by atoms with van der Waals surface area (Å²) in [6.07, 6.45) is 2.02. The van der Waals surface area contributed by atoms with Crippen LogP contribution in [0.15, 0.2) is 18.2 Å². The Morgan fingerprint density at radius 2 is 1.96 bits per heavy atom. The zero-order chi connectivity index (χ0) is 17.9. The molecule has 1 N–H and O–H groups in total. The second kappa shape index (κ2) is 7.39. The topological polar surface area (TPSA) is 73.3 Å². The summed E-state index contributed by atoms with van der Waals surface area (Å²) in [5, 5.41) is 12.5. The molecule has 7 heteroatoms. The molecule has 0 fully saturated rings. The summed E-state index contributed by atoms with van der Waals surface area (Å²) in [4.78, 5) is 12.1. The number of rotatable bonds is 5. The molecule has 134 valence electrons. The lowest BCUT2D eigenvalue weighted by molar-refractivity contribution is -0.116. The van der Waals surface area contributed by atoms with Crippen molar-refractivity contribution in [3.63, 3.8) is 0 Å². The SMILES string of the molecule is CC(C)(C)c1nnc(NC(=O)CCCc2ccc3c(c2)OCCO3)s1. The average molecular weight is 361 g/mol. The van der Waals surface area contributed by atoms with Crippen LogP contribution in [-0.4, -0.2) is 29.3 Å². The largest absolute Gasteiger partial charge is 0.486 e. The maximum atomic E-state index is 12.1. The zero-order valence-electron chi connectivity index (χ0n) is 14.8. The summed E-state index contributed by atoms with van der Waals surface area (Å²) in [6, 6.07) is 5.94. The van der Waals surface area contributed by atoms with Crippen molar-refractivity contribution in [2.45, 2.75) is 45.4 Å². The number of anilines is 1. The molecule has 0 unspecified atom stereocenters. The number of carbonyl (C=O) groups is 1. The Hall–Kier alpha value is -2.15. The smallest absolute Gasteiger partial charge is 0.226 e. The van der Waals surface area contributed by atoms with Crippen LogP contribution in [0.4, 0.5) is 5.13 Å². The molecule has 1 aliphatic heterocycles. The van der Waals surface area contributed by atoms with Crippen molar-refractivity contribution in [1.82, 2.24) is 10.2 Å². The number of nitrogens with zero attached hydrogens (tertiary/aromatic N) is 2. The zero-order valence-corrected chi connectivity index (χ0v) is 15.6. The molecule has 0 saturated heterocycles. The fraction of sp³-hybridized carbons (Fsp3) is 0.500. The first kappa shape index (κ1) is 17.7. The minimum absolute atomic E-state index is 0.0332. The van der Waals surface area contributed by atoms with E-state index in [0.29, 0.717) is 24.8 Å². The van der Waals surface area contributed by atoms with E-state index in [1.165, 1.54) is 11.3 Å². The fourth-order valence-corrected chi connectivity index (χ4v) is 3.27. The van der Waals surface area contributed by atoms with Crippen molar-refractivity contribution in [3.05, 3.63) is 28.8 Å². The Balaban J connectivity index is 1.47. The summed E-state index contributed by atoms with van der Waals surface area (Å²) in [5.74, 6) is 1.55. The Labute approximate surface area is 151 Å². The summed E-state index contributed by atoms with van der Waals surface area (Å²) < 4.78 is 11.1. The van der Waals surface area contributed by atoms with Gasteiger partial charge in [0.05, 0.1) is 0 Å². The van der Waals surface area contributed by atoms with Gasteiger partial charge in [-0.1, -0.05) is 38.2 Å². The number of nitrogens with one attached hydrogen (secondary N) is 1. The van der Waals surface area contributed by atoms with Gasteiger partial charge in [-0.05, 0) is 30.5 Å². The number of fused-ring (bicyclic) bond motifs is 1. The van der Waals surface area contributed by atoms with Crippen LogP contribution in [0, 0.1) is 0 Å². The molecular weight excluding hydrogens is 338 g/mol. The van der Waals surface area contributed by atoms with E-state index in [2.05, 4.69) is 36.3 Å². The number of ether oxygens (including phenoxy) is 2. The summed E-state index contributed by atoms with van der Waals surface area (Å²) >= 11 is 1.43. The molecule has 25 heavy (non-hydrogen) atoms. The fourth-order valence-electron chi connectivity index (χ4n) is 2.45. The Kier molecular flexibility index (Phi) is 5.22. The van der Waals surface area contributed by atoms with E-state index in [4.69, 9.17) is 9.47 Å². The molecule has 0 bridgehead atoms. The van der Waals surface area contributed by atoms with Gasteiger partial charge in [-0.25, -0.2) is 0 Å². The van der Waals surface area contributed by atoms with Crippen LogP contribution in [0.2, 0.25) is 0 Å². The first-order valence-corrected chi connectivity index (χ1v) is 9.26. The van der Waals surface area contributed by atoms with Crippen LogP contribution in [0.3, 0.4) is 0 Å². The average Bonchev–Trinajstić information content (AvgIpc) is 3.03. The highest BCUT2D eigenvalue weighted by molar-refractivity contribution is 7.15. The van der Waals surface area contributed by atoms with Crippen LogP contribution in [0.5, 0.6) is 11.5 Å². The number of amides is 1. The minimum atomic E-state index is -0.0567. The van der Waals surface area contributed by atoms with Crippen LogP contribution in [-0.2, 0) is 16.6 Å². The monoisotopic (exact) mass is 361 g/mol. The number of hydrogen-bond acceptors (Lipinski definition) is 6. The van der Waals surface area contributed by atoms with Crippen LogP contribution in [0.25, 0.3) is 0 Å². The van der Waals surface area contributed by atoms with E-state index >= 15 is 0 Å². The van der Waals surface area contributed by atoms with E-state index in [0.717, 1.165) is 34.9 Å². The molecule has 6 nitrogen and oxygen atoms in total. The van der Waals surface area contributed by atoms with Crippen molar-refractivity contribution in [3.8, 4) is 11.5 Å². The lowest BCUT2D eigenvalue weighted by Gasteiger charge is -2.18. The molecular formula is C18H23N3O3S. The van der Waals surface area contributed by atoms with Gasteiger partial charge in [0.15, 0.2) is 11.5 Å². The first-order valence-electron chi connectivity index (χ1n) is 8.44. The highest BCUT2D eigenvalue weighted by Gasteiger charge is 2.20. The van der Waals surface area contributed by atoms with Gasteiger partial charge in [0.25, 0.3) is 0 Å². The van der Waals surface area contributed by atoms with Gasteiger partial charge in [0, 0.05) is 11.8 Å². The highest BCUT2D eigenvalue weighted by Crippen LogP contribution is 2.31. The lowest BCUT2D eigenvalue weighted by atomic mass is 9.98. The summed E-state index contributed by atoms with van der Waals surface area (Å²) in [6.45, 7) is 7.40. The molecule has 0 atom stereocenters. The third kappa shape index (κ3) is 4.69. The summed E-state index contributed by atoms with van der Waals surface area (Å²) in [7, 11) is 0. The second-order valence-corrected chi connectivity index (χ2v) is 8.02. The van der Waals surface area contributed by atoms with Crippen molar-refractivity contribution >= 4 is 22.4 Å². The van der Waals surface area contributed by atoms with Crippen molar-refractivity contribution in [2.75, 3.05) is 18.5 Å². The standard InChI is InChI=1S/C18H23N3O3S/c1-18(2,3)16-20-21-17(25-16)19-15(22)6-4-5-12-7-8-13-14(11-12)24-10-9-23-13/h7-8,11H,4-6,9-10H2,1-3H3,(H,19,21,22). The highest BCUT2D eigenvalue weighted by atomic mass is 32.1. The molecule has 0 saturated carbocycles. The number of hydrogen-bond donors (Lipinski definition) is 1. The third-order valence-electron chi connectivity index (χ3n) is 3.79. The number of benzene rings is 1. The van der Waals surface area contributed by atoms with Gasteiger partial charge in [-0.15, -0.1) is 10.2 Å². The summed E-state index contributed by atoms with van der Waals surface area (Å²) in [5.41, 5.74) is 1.08. The molecule has 2 aromatic rings. The maximum absolute atomic E-state index is 12.1. The Bertz CT molecular complexity index is 752. The Morgan fingerprint density at radius 1 is 1.20 bits per heavy atom. The van der Waals surface area contributed by atoms with Gasteiger partial charge in [-0.3, -0.25) is 4.79 Å². The second-order valence-electron chi connectivity index (χ2n) is 7.04. The number of aryl methyl sites for hydroxylation is 1. The molecule has 0 spiro atoms. The number of aromatic nitrogens is 2.